The van der Waals surface area contributed by atoms with Gasteiger partial charge in [0.25, 0.3) is 0 Å². The zero-order chi connectivity index (χ0) is 11.1. The number of carbonyl (C=O) groups excluding carboxylic acids is 1. The molecule has 0 spiro atoms. The number of esters is 1. The summed E-state index contributed by atoms with van der Waals surface area (Å²) in [5, 5.41) is 0. The first-order chi connectivity index (χ1) is 6.96. The predicted molar refractivity (Wildman–Crippen MR) is 59.4 cm³/mol. The van der Waals surface area contributed by atoms with Crippen molar-refractivity contribution in [2.75, 3.05) is 0 Å². The van der Waals surface area contributed by atoms with Crippen LogP contribution in [0, 0.1) is 17.8 Å². The summed E-state index contributed by atoms with van der Waals surface area (Å²) in [4.78, 5) is 12.0. The van der Waals surface area contributed by atoms with E-state index < -0.39 is 0 Å². The van der Waals surface area contributed by atoms with Gasteiger partial charge >= 0.3 is 5.97 Å². The van der Waals surface area contributed by atoms with E-state index >= 15 is 0 Å². The van der Waals surface area contributed by atoms with Crippen LogP contribution in [0.15, 0.2) is 0 Å². The van der Waals surface area contributed by atoms with Gasteiger partial charge < -0.3 is 4.74 Å². The monoisotopic (exact) mass is 210 g/mol. The normalized spacial score (nSPS) is 35.3. The van der Waals surface area contributed by atoms with Crippen LogP contribution in [0.5, 0.6) is 0 Å². The molecule has 2 nitrogen and oxygen atoms in total. The van der Waals surface area contributed by atoms with Crippen molar-refractivity contribution in [3.05, 3.63) is 0 Å². The Balaban J connectivity index is 1.96. The van der Waals surface area contributed by atoms with E-state index in [0.29, 0.717) is 5.92 Å². The number of carbonyl (C=O) groups is 1. The molecule has 0 aliphatic heterocycles. The van der Waals surface area contributed by atoms with Crippen molar-refractivity contribution in [2.24, 2.45) is 17.8 Å². The molecule has 86 valence electrons. The lowest BCUT2D eigenvalue weighted by molar-refractivity contribution is -0.161. The SMILES string of the molecule is CC(C)(C)OC(=O)C1CC2CCCC1C2. The third-order valence-electron chi connectivity index (χ3n) is 3.69. The maximum atomic E-state index is 12.0. The van der Waals surface area contributed by atoms with Crippen molar-refractivity contribution in [3.8, 4) is 0 Å². The summed E-state index contributed by atoms with van der Waals surface area (Å²) in [6.07, 6.45) is 6.23. The lowest BCUT2D eigenvalue weighted by Gasteiger charge is -2.25. The van der Waals surface area contributed by atoms with Gasteiger partial charge in [-0.05, 0) is 51.9 Å². The minimum absolute atomic E-state index is 0.0527. The standard InChI is InChI=1S/C13H22O2/c1-13(2,3)15-12(14)11-8-9-5-4-6-10(11)7-9/h9-11H,4-8H2,1-3H3. The molecule has 2 aliphatic rings. The average molecular weight is 210 g/mol. The fourth-order valence-electron chi connectivity index (χ4n) is 3.13. The van der Waals surface area contributed by atoms with Gasteiger partial charge in [-0.2, -0.15) is 0 Å². The molecule has 15 heavy (non-hydrogen) atoms. The van der Waals surface area contributed by atoms with Gasteiger partial charge in [0.05, 0.1) is 5.92 Å². The Labute approximate surface area is 92.4 Å². The summed E-state index contributed by atoms with van der Waals surface area (Å²) in [5.41, 5.74) is -0.326. The van der Waals surface area contributed by atoms with E-state index in [0.717, 1.165) is 12.3 Å². The highest BCUT2D eigenvalue weighted by molar-refractivity contribution is 5.73. The number of hydrogen-bond donors (Lipinski definition) is 0. The molecule has 2 bridgehead atoms. The van der Waals surface area contributed by atoms with Gasteiger partial charge in [-0.25, -0.2) is 0 Å². The van der Waals surface area contributed by atoms with Gasteiger partial charge in [-0.3, -0.25) is 4.79 Å². The largest absolute Gasteiger partial charge is 0.460 e. The minimum Gasteiger partial charge on any atom is -0.460 e. The van der Waals surface area contributed by atoms with Crippen LogP contribution in [-0.4, -0.2) is 11.6 Å². The topological polar surface area (TPSA) is 26.3 Å². The van der Waals surface area contributed by atoms with Crippen molar-refractivity contribution < 1.29 is 9.53 Å². The second-order valence-corrected chi connectivity index (χ2v) is 6.17. The second kappa shape index (κ2) is 3.80. The summed E-state index contributed by atoms with van der Waals surface area (Å²) in [6, 6.07) is 0. The third-order valence-corrected chi connectivity index (χ3v) is 3.69. The highest BCUT2D eigenvalue weighted by Gasteiger charge is 2.42. The van der Waals surface area contributed by atoms with Crippen LogP contribution in [-0.2, 0) is 9.53 Å². The van der Waals surface area contributed by atoms with Crippen molar-refractivity contribution in [1.29, 1.82) is 0 Å². The first kappa shape index (κ1) is 11.0. The molecule has 2 saturated carbocycles. The maximum Gasteiger partial charge on any atom is 0.309 e. The molecule has 3 atom stereocenters. The van der Waals surface area contributed by atoms with E-state index in [1.54, 1.807) is 0 Å². The minimum atomic E-state index is -0.326. The zero-order valence-corrected chi connectivity index (χ0v) is 10.1. The zero-order valence-electron chi connectivity index (χ0n) is 10.1. The Morgan fingerprint density at radius 2 is 1.93 bits per heavy atom. The molecule has 0 amide bonds. The van der Waals surface area contributed by atoms with Gasteiger partial charge in [0.2, 0.25) is 0 Å². The molecule has 0 heterocycles. The summed E-state index contributed by atoms with van der Waals surface area (Å²) >= 11 is 0. The molecule has 0 aromatic carbocycles. The Kier molecular flexibility index (Phi) is 2.78. The number of rotatable bonds is 1. The lowest BCUT2D eigenvalue weighted by atomic mass is 9.87. The third kappa shape index (κ3) is 2.53. The number of hydrogen-bond acceptors (Lipinski definition) is 2. The summed E-state index contributed by atoms with van der Waals surface area (Å²) in [6.45, 7) is 5.85. The van der Waals surface area contributed by atoms with Crippen LogP contribution in [0.2, 0.25) is 0 Å². The van der Waals surface area contributed by atoms with Gasteiger partial charge in [0.15, 0.2) is 0 Å². The fraction of sp³-hybridized carbons (Fsp3) is 0.923. The van der Waals surface area contributed by atoms with Crippen LogP contribution in [0.4, 0.5) is 0 Å². The van der Waals surface area contributed by atoms with Crippen molar-refractivity contribution >= 4 is 5.97 Å². The summed E-state index contributed by atoms with van der Waals surface area (Å²) < 4.78 is 5.49. The molecular formula is C13H22O2. The quantitative estimate of drug-likeness (QED) is 0.621. The van der Waals surface area contributed by atoms with Crippen LogP contribution in [0.25, 0.3) is 0 Å². The van der Waals surface area contributed by atoms with E-state index in [1.165, 1.54) is 25.7 Å². The molecule has 2 aliphatic carbocycles. The Morgan fingerprint density at radius 3 is 2.53 bits per heavy atom. The summed E-state index contributed by atoms with van der Waals surface area (Å²) in [7, 11) is 0. The molecule has 0 aromatic heterocycles. The Hall–Kier alpha value is -0.530. The van der Waals surface area contributed by atoms with Crippen LogP contribution in [0.3, 0.4) is 0 Å². The van der Waals surface area contributed by atoms with Crippen molar-refractivity contribution in [2.45, 2.75) is 58.5 Å². The first-order valence-electron chi connectivity index (χ1n) is 6.18. The predicted octanol–water partition coefficient (Wildman–Crippen LogP) is 3.15. The van der Waals surface area contributed by atoms with Crippen LogP contribution >= 0.6 is 0 Å². The maximum absolute atomic E-state index is 12.0. The molecule has 0 N–H and O–H groups in total. The van der Waals surface area contributed by atoms with E-state index in [9.17, 15) is 4.79 Å². The van der Waals surface area contributed by atoms with E-state index in [1.807, 2.05) is 20.8 Å². The molecule has 2 heteroatoms. The molecule has 2 fully saturated rings. The number of fused-ring (bicyclic) bond motifs is 2. The smallest absolute Gasteiger partial charge is 0.309 e. The Bertz CT molecular complexity index is 252. The lowest BCUT2D eigenvalue weighted by Crippen LogP contribution is -2.30. The number of ether oxygens (including phenoxy) is 1. The molecular weight excluding hydrogens is 188 g/mol. The van der Waals surface area contributed by atoms with Crippen LogP contribution < -0.4 is 0 Å². The van der Waals surface area contributed by atoms with Gasteiger partial charge in [-0.15, -0.1) is 0 Å². The molecule has 0 saturated heterocycles. The fourth-order valence-corrected chi connectivity index (χ4v) is 3.13. The van der Waals surface area contributed by atoms with Gasteiger partial charge in [-0.1, -0.05) is 12.8 Å². The van der Waals surface area contributed by atoms with E-state index in [4.69, 9.17) is 4.74 Å². The summed E-state index contributed by atoms with van der Waals surface area (Å²) in [5.74, 6) is 1.69. The average Bonchev–Trinajstić information content (AvgIpc) is 2.38. The van der Waals surface area contributed by atoms with E-state index in [-0.39, 0.29) is 17.5 Å². The van der Waals surface area contributed by atoms with Crippen molar-refractivity contribution in [3.63, 3.8) is 0 Å². The van der Waals surface area contributed by atoms with Crippen molar-refractivity contribution in [1.82, 2.24) is 0 Å². The highest BCUT2D eigenvalue weighted by Crippen LogP contribution is 2.46. The highest BCUT2D eigenvalue weighted by atomic mass is 16.6. The molecule has 3 unspecified atom stereocenters. The molecule has 2 rings (SSSR count). The van der Waals surface area contributed by atoms with Gasteiger partial charge in [0, 0.05) is 0 Å². The second-order valence-electron chi connectivity index (χ2n) is 6.17. The first-order valence-corrected chi connectivity index (χ1v) is 6.18. The molecule has 0 radical (unpaired) electrons. The van der Waals surface area contributed by atoms with Crippen LogP contribution in [0.1, 0.15) is 52.9 Å². The van der Waals surface area contributed by atoms with E-state index in [2.05, 4.69) is 0 Å². The molecule has 0 aromatic rings. The van der Waals surface area contributed by atoms with Gasteiger partial charge in [0.1, 0.15) is 5.60 Å². The Morgan fingerprint density at radius 1 is 1.20 bits per heavy atom.